The average molecular weight is 327 g/mol. The van der Waals surface area contributed by atoms with Crippen LogP contribution in [-0.2, 0) is 17.9 Å². The van der Waals surface area contributed by atoms with Crippen LogP contribution < -0.4 is 10.9 Å². The highest BCUT2D eigenvalue weighted by Gasteiger charge is 2.07. The lowest BCUT2D eigenvalue weighted by Gasteiger charge is -2.09. The molecule has 0 aliphatic carbocycles. The summed E-state index contributed by atoms with van der Waals surface area (Å²) in [5.41, 5.74) is 0.671. The lowest BCUT2D eigenvalue weighted by molar-refractivity contribution is -0.121. The molecule has 2 aromatic carbocycles. The van der Waals surface area contributed by atoms with Gasteiger partial charge in [0.25, 0.3) is 5.56 Å². The van der Waals surface area contributed by atoms with Gasteiger partial charge in [0.2, 0.25) is 5.91 Å². The highest BCUT2D eigenvalue weighted by molar-refractivity contribution is 6.31. The molecule has 116 valence electrons. The fourth-order valence-electron chi connectivity index (χ4n) is 2.40. The van der Waals surface area contributed by atoms with Crippen LogP contribution in [0.1, 0.15) is 5.56 Å². The van der Waals surface area contributed by atoms with Crippen LogP contribution >= 0.6 is 11.6 Å². The number of nitrogens with zero attached hydrogens (tertiary/aromatic N) is 1. The molecule has 0 saturated carbocycles. The minimum Gasteiger partial charge on any atom is -0.350 e. The molecule has 0 aliphatic heterocycles. The second-order valence-electron chi connectivity index (χ2n) is 5.20. The van der Waals surface area contributed by atoms with E-state index in [1.807, 2.05) is 42.5 Å². The second-order valence-corrected chi connectivity index (χ2v) is 5.61. The van der Waals surface area contributed by atoms with Crippen molar-refractivity contribution in [2.75, 3.05) is 0 Å². The zero-order chi connectivity index (χ0) is 16.2. The summed E-state index contributed by atoms with van der Waals surface area (Å²) >= 11 is 6.05. The molecule has 5 heteroatoms. The zero-order valence-electron chi connectivity index (χ0n) is 12.3. The van der Waals surface area contributed by atoms with Crippen molar-refractivity contribution in [1.29, 1.82) is 0 Å². The van der Waals surface area contributed by atoms with Crippen molar-refractivity contribution in [3.8, 4) is 0 Å². The molecular weight excluding hydrogens is 312 g/mol. The Kier molecular flexibility index (Phi) is 4.44. The summed E-state index contributed by atoms with van der Waals surface area (Å²) in [5.74, 6) is -0.234. The van der Waals surface area contributed by atoms with E-state index >= 15 is 0 Å². The topological polar surface area (TPSA) is 51.1 Å². The summed E-state index contributed by atoms with van der Waals surface area (Å²) < 4.78 is 1.41. The van der Waals surface area contributed by atoms with Crippen LogP contribution in [0.3, 0.4) is 0 Å². The summed E-state index contributed by atoms with van der Waals surface area (Å²) in [4.78, 5) is 24.4. The first-order valence-corrected chi connectivity index (χ1v) is 7.61. The van der Waals surface area contributed by atoms with Crippen molar-refractivity contribution in [2.45, 2.75) is 13.1 Å². The number of aromatic nitrogens is 1. The zero-order valence-corrected chi connectivity index (χ0v) is 13.1. The first-order chi connectivity index (χ1) is 11.1. The first kappa shape index (κ1) is 15.3. The molecule has 0 bridgehead atoms. The van der Waals surface area contributed by atoms with Crippen molar-refractivity contribution in [2.24, 2.45) is 0 Å². The minimum atomic E-state index is -0.234. The van der Waals surface area contributed by atoms with E-state index in [4.69, 9.17) is 11.6 Å². The van der Waals surface area contributed by atoms with Gasteiger partial charge in [0.1, 0.15) is 6.54 Å². The molecule has 4 nitrogen and oxygen atoms in total. The number of rotatable bonds is 4. The monoisotopic (exact) mass is 326 g/mol. The Balaban J connectivity index is 1.72. The Morgan fingerprint density at radius 2 is 1.78 bits per heavy atom. The fraction of sp³-hybridized carbons (Fsp3) is 0.111. The third-order valence-corrected chi connectivity index (χ3v) is 4.00. The van der Waals surface area contributed by atoms with Gasteiger partial charge < -0.3 is 9.88 Å². The number of carbonyl (C=O) groups is 1. The Morgan fingerprint density at radius 1 is 1.04 bits per heavy atom. The van der Waals surface area contributed by atoms with Gasteiger partial charge >= 0.3 is 0 Å². The molecular formula is C18H15ClN2O2. The maximum atomic E-state index is 12.4. The summed E-state index contributed by atoms with van der Waals surface area (Å²) in [6, 6.07) is 16.5. The van der Waals surface area contributed by atoms with E-state index in [0.717, 1.165) is 10.9 Å². The molecule has 0 unspecified atom stereocenters. The molecule has 0 atom stereocenters. The average Bonchev–Trinajstić information content (AvgIpc) is 2.57. The van der Waals surface area contributed by atoms with Crippen LogP contribution in [0.25, 0.3) is 10.8 Å². The summed E-state index contributed by atoms with van der Waals surface area (Å²) in [6.07, 6.45) is 1.64. The van der Waals surface area contributed by atoms with Crippen molar-refractivity contribution in [3.05, 3.63) is 81.7 Å². The molecule has 1 amide bonds. The number of nitrogens with one attached hydrogen (secondary N) is 1. The van der Waals surface area contributed by atoms with Gasteiger partial charge in [-0.25, -0.2) is 0 Å². The van der Waals surface area contributed by atoms with Crippen molar-refractivity contribution in [1.82, 2.24) is 9.88 Å². The van der Waals surface area contributed by atoms with Gasteiger partial charge in [-0.05, 0) is 29.1 Å². The summed E-state index contributed by atoms with van der Waals surface area (Å²) in [5, 5.41) is 4.86. The molecule has 0 spiro atoms. The van der Waals surface area contributed by atoms with Crippen LogP contribution in [0, 0.1) is 0 Å². The maximum Gasteiger partial charge on any atom is 0.258 e. The van der Waals surface area contributed by atoms with Gasteiger partial charge in [-0.2, -0.15) is 0 Å². The molecule has 0 aliphatic rings. The number of hydrogen-bond acceptors (Lipinski definition) is 2. The smallest absolute Gasteiger partial charge is 0.258 e. The van der Waals surface area contributed by atoms with E-state index in [0.29, 0.717) is 17.0 Å². The largest absolute Gasteiger partial charge is 0.350 e. The molecule has 0 fully saturated rings. The molecule has 3 rings (SSSR count). The number of halogens is 1. The summed E-state index contributed by atoms with van der Waals surface area (Å²) in [7, 11) is 0. The Morgan fingerprint density at radius 3 is 2.61 bits per heavy atom. The third-order valence-electron chi connectivity index (χ3n) is 3.63. The highest BCUT2D eigenvalue weighted by Crippen LogP contribution is 2.14. The van der Waals surface area contributed by atoms with E-state index in [1.54, 1.807) is 18.3 Å². The summed E-state index contributed by atoms with van der Waals surface area (Å²) in [6.45, 7) is 0.314. The SMILES string of the molecule is O=C(Cn1ccc2ccccc2c1=O)NCc1ccccc1Cl. The van der Waals surface area contributed by atoms with E-state index < -0.39 is 0 Å². The van der Waals surface area contributed by atoms with Crippen LogP contribution in [0.5, 0.6) is 0 Å². The quantitative estimate of drug-likeness (QED) is 0.801. The van der Waals surface area contributed by atoms with Crippen LogP contribution in [-0.4, -0.2) is 10.5 Å². The molecule has 0 saturated heterocycles. The second kappa shape index (κ2) is 6.67. The van der Waals surface area contributed by atoms with Gasteiger partial charge in [-0.3, -0.25) is 9.59 Å². The van der Waals surface area contributed by atoms with Gasteiger partial charge in [0.15, 0.2) is 0 Å². The van der Waals surface area contributed by atoms with Crippen LogP contribution in [0.4, 0.5) is 0 Å². The predicted octanol–water partition coefficient (Wildman–Crippen LogP) is 2.97. The standard InChI is InChI=1S/C18H15ClN2O2/c19-16-8-4-2-6-14(16)11-20-17(22)12-21-10-9-13-5-1-3-7-15(13)18(21)23/h1-10H,11-12H2,(H,20,22). The van der Waals surface area contributed by atoms with Gasteiger partial charge in [-0.15, -0.1) is 0 Å². The number of pyridine rings is 1. The van der Waals surface area contributed by atoms with Gasteiger partial charge in [0, 0.05) is 23.2 Å². The molecule has 1 heterocycles. The van der Waals surface area contributed by atoms with E-state index in [9.17, 15) is 9.59 Å². The minimum absolute atomic E-state index is 0.0197. The maximum absolute atomic E-state index is 12.4. The number of hydrogen-bond donors (Lipinski definition) is 1. The highest BCUT2D eigenvalue weighted by atomic mass is 35.5. The number of benzene rings is 2. The number of carbonyl (C=O) groups excluding carboxylic acids is 1. The fourth-order valence-corrected chi connectivity index (χ4v) is 2.60. The number of amides is 1. The predicted molar refractivity (Wildman–Crippen MR) is 91.5 cm³/mol. The molecule has 1 aromatic heterocycles. The van der Waals surface area contributed by atoms with Gasteiger partial charge in [-0.1, -0.05) is 48.0 Å². The van der Waals surface area contributed by atoms with Crippen LogP contribution in [0.15, 0.2) is 65.6 Å². The molecule has 23 heavy (non-hydrogen) atoms. The molecule has 1 N–H and O–H groups in total. The molecule has 3 aromatic rings. The van der Waals surface area contributed by atoms with E-state index in [-0.39, 0.29) is 18.0 Å². The normalized spacial score (nSPS) is 10.7. The van der Waals surface area contributed by atoms with E-state index in [1.165, 1.54) is 4.57 Å². The van der Waals surface area contributed by atoms with Gasteiger partial charge in [0.05, 0.1) is 0 Å². The number of fused-ring (bicyclic) bond motifs is 1. The lowest BCUT2D eigenvalue weighted by atomic mass is 10.2. The first-order valence-electron chi connectivity index (χ1n) is 7.23. The van der Waals surface area contributed by atoms with Crippen molar-refractivity contribution < 1.29 is 4.79 Å². The Bertz CT molecular complexity index is 918. The Labute approximate surface area is 138 Å². The lowest BCUT2D eigenvalue weighted by Crippen LogP contribution is -2.31. The van der Waals surface area contributed by atoms with Crippen molar-refractivity contribution >= 4 is 28.3 Å². The van der Waals surface area contributed by atoms with Crippen molar-refractivity contribution in [3.63, 3.8) is 0 Å². The van der Waals surface area contributed by atoms with Crippen LogP contribution in [0.2, 0.25) is 5.02 Å². The van der Waals surface area contributed by atoms with E-state index in [2.05, 4.69) is 5.32 Å². The Hall–Kier alpha value is -2.59. The molecule has 0 radical (unpaired) electrons. The third kappa shape index (κ3) is 3.43.